The van der Waals surface area contributed by atoms with E-state index in [-0.39, 0.29) is 24.2 Å². The molecule has 0 saturated carbocycles. The van der Waals surface area contributed by atoms with Crippen molar-refractivity contribution in [3.05, 3.63) is 28.8 Å². The number of rotatable bonds is 5. The molecule has 1 aromatic rings. The minimum absolute atomic E-state index is 0.0690. The van der Waals surface area contributed by atoms with E-state index >= 15 is 0 Å². The highest BCUT2D eigenvalue weighted by Crippen LogP contribution is 2.29. The fourth-order valence-corrected chi connectivity index (χ4v) is 1.75. The van der Waals surface area contributed by atoms with Gasteiger partial charge in [0, 0.05) is 17.3 Å². The third kappa shape index (κ3) is 3.35. The van der Waals surface area contributed by atoms with Gasteiger partial charge in [-0.3, -0.25) is 4.79 Å². The molecule has 0 bridgehead atoms. The Bertz CT molecular complexity index is 441. The number of pyridine rings is 1. The van der Waals surface area contributed by atoms with Gasteiger partial charge in [0.05, 0.1) is 18.9 Å². The Hall–Kier alpha value is -1.30. The average Bonchev–Trinajstić information content (AvgIpc) is 2.30. The molecular formula is C11H11ClF3NO2. The summed E-state index contributed by atoms with van der Waals surface area (Å²) >= 11 is 5.42. The van der Waals surface area contributed by atoms with Crippen LogP contribution in [0.15, 0.2) is 6.20 Å². The van der Waals surface area contributed by atoms with Gasteiger partial charge < -0.3 is 4.74 Å². The van der Waals surface area contributed by atoms with Crippen LogP contribution in [0.5, 0.6) is 0 Å². The predicted molar refractivity (Wildman–Crippen MR) is 59.0 cm³/mol. The van der Waals surface area contributed by atoms with Gasteiger partial charge in [0.15, 0.2) is 0 Å². The molecule has 0 amide bonds. The van der Waals surface area contributed by atoms with Crippen molar-refractivity contribution in [1.82, 2.24) is 4.98 Å². The third-order valence-electron chi connectivity index (χ3n) is 2.25. The molecule has 0 unspecified atom stereocenters. The first-order valence-corrected chi connectivity index (χ1v) is 5.70. The van der Waals surface area contributed by atoms with E-state index in [9.17, 15) is 18.0 Å². The van der Waals surface area contributed by atoms with Crippen LogP contribution in [0.2, 0.25) is 0 Å². The Balaban J connectivity index is 3.15. The molecule has 0 aliphatic heterocycles. The predicted octanol–water partition coefficient (Wildman–Crippen LogP) is 3.00. The fourth-order valence-electron chi connectivity index (χ4n) is 1.49. The summed E-state index contributed by atoms with van der Waals surface area (Å²) < 4.78 is 43.6. The molecule has 0 aliphatic carbocycles. The Morgan fingerprint density at radius 3 is 2.72 bits per heavy atom. The summed E-state index contributed by atoms with van der Waals surface area (Å²) in [6.07, 6.45) is -2.41. The summed E-state index contributed by atoms with van der Waals surface area (Å²) in [4.78, 5) is 14.6. The van der Waals surface area contributed by atoms with Gasteiger partial charge in [-0.15, -0.1) is 11.6 Å². The van der Waals surface area contributed by atoms with Crippen LogP contribution < -0.4 is 0 Å². The van der Waals surface area contributed by atoms with E-state index in [2.05, 4.69) is 9.72 Å². The Morgan fingerprint density at radius 2 is 2.22 bits per heavy atom. The Kier molecular flexibility index (Phi) is 5.40. The lowest BCUT2D eigenvalue weighted by atomic mass is 10.0. The molecule has 0 radical (unpaired) electrons. The number of hydrogen-bond donors (Lipinski definition) is 0. The minimum Gasteiger partial charge on any atom is -0.466 e. The van der Waals surface area contributed by atoms with E-state index in [1.807, 2.05) is 0 Å². The molecule has 100 valence electrons. The zero-order valence-corrected chi connectivity index (χ0v) is 10.3. The van der Waals surface area contributed by atoms with Gasteiger partial charge in [0.25, 0.3) is 6.43 Å². The molecule has 3 nitrogen and oxygen atoms in total. The molecule has 1 rings (SSSR count). The van der Waals surface area contributed by atoms with Gasteiger partial charge in [0.1, 0.15) is 0 Å². The van der Waals surface area contributed by atoms with Crippen molar-refractivity contribution in [1.29, 1.82) is 0 Å². The first-order chi connectivity index (χ1) is 8.51. The van der Waals surface area contributed by atoms with Crippen LogP contribution in [-0.2, 0) is 21.8 Å². The molecule has 1 heterocycles. The maximum atomic E-state index is 13.2. The quantitative estimate of drug-likeness (QED) is 0.473. The molecule has 0 aromatic carbocycles. The van der Waals surface area contributed by atoms with Crippen molar-refractivity contribution in [2.24, 2.45) is 0 Å². The van der Waals surface area contributed by atoms with Crippen molar-refractivity contribution < 1.29 is 22.7 Å². The van der Waals surface area contributed by atoms with Crippen LogP contribution >= 0.6 is 11.6 Å². The number of esters is 1. The van der Waals surface area contributed by atoms with Crippen molar-refractivity contribution in [2.45, 2.75) is 25.7 Å². The molecule has 1 aromatic heterocycles. The van der Waals surface area contributed by atoms with E-state index in [0.29, 0.717) is 0 Å². The Labute approximate surface area is 107 Å². The third-order valence-corrected chi connectivity index (χ3v) is 2.51. The van der Waals surface area contributed by atoms with Crippen LogP contribution in [0.4, 0.5) is 13.2 Å². The number of carbonyl (C=O) groups is 1. The van der Waals surface area contributed by atoms with Crippen LogP contribution in [0, 0.1) is 5.95 Å². The lowest BCUT2D eigenvalue weighted by Gasteiger charge is -2.12. The molecule has 0 N–H and O–H groups in total. The average molecular weight is 282 g/mol. The summed E-state index contributed by atoms with van der Waals surface area (Å²) in [5.74, 6) is -2.16. The van der Waals surface area contributed by atoms with Gasteiger partial charge in [-0.2, -0.15) is 4.39 Å². The topological polar surface area (TPSA) is 39.2 Å². The zero-order chi connectivity index (χ0) is 13.7. The van der Waals surface area contributed by atoms with Gasteiger partial charge in [-0.25, -0.2) is 13.8 Å². The van der Waals surface area contributed by atoms with E-state index in [1.165, 1.54) is 0 Å². The molecule has 0 fully saturated rings. The number of carbonyl (C=O) groups excluding carboxylic acids is 1. The fraction of sp³-hybridized carbons (Fsp3) is 0.455. The van der Waals surface area contributed by atoms with Crippen molar-refractivity contribution in [2.75, 3.05) is 6.61 Å². The summed E-state index contributed by atoms with van der Waals surface area (Å²) in [7, 11) is 0. The van der Waals surface area contributed by atoms with Crippen molar-refractivity contribution in [3.8, 4) is 0 Å². The molecule has 0 spiro atoms. The monoisotopic (exact) mass is 281 g/mol. The molecular weight excluding hydrogens is 271 g/mol. The Morgan fingerprint density at radius 1 is 1.56 bits per heavy atom. The maximum Gasteiger partial charge on any atom is 0.310 e. The number of aromatic nitrogens is 1. The van der Waals surface area contributed by atoms with Gasteiger partial charge in [-0.05, 0) is 12.5 Å². The number of alkyl halides is 3. The highest BCUT2D eigenvalue weighted by molar-refractivity contribution is 6.17. The first-order valence-electron chi connectivity index (χ1n) is 5.17. The van der Waals surface area contributed by atoms with Crippen molar-refractivity contribution >= 4 is 17.6 Å². The largest absolute Gasteiger partial charge is 0.466 e. The smallest absolute Gasteiger partial charge is 0.310 e. The second-order valence-electron chi connectivity index (χ2n) is 3.38. The summed E-state index contributed by atoms with van der Waals surface area (Å²) in [5.41, 5.74) is -1.03. The lowest BCUT2D eigenvalue weighted by Crippen LogP contribution is -2.12. The van der Waals surface area contributed by atoms with Crippen LogP contribution in [0.25, 0.3) is 0 Å². The zero-order valence-electron chi connectivity index (χ0n) is 9.55. The standard InChI is InChI=1S/C11H11ClF3NO2/c1-2-18-8(17)3-6-5-16-11(15)7(4-12)9(6)10(13)14/h5,10H,2-4H2,1H3. The first kappa shape index (κ1) is 14.8. The molecule has 0 atom stereocenters. The number of halogens is 4. The van der Waals surface area contributed by atoms with E-state index in [4.69, 9.17) is 11.6 Å². The van der Waals surface area contributed by atoms with Crippen molar-refractivity contribution in [3.63, 3.8) is 0 Å². The van der Waals surface area contributed by atoms with E-state index in [0.717, 1.165) is 6.20 Å². The van der Waals surface area contributed by atoms with E-state index < -0.39 is 29.8 Å². The highest BCUT2D eigenvalue weighted by atomic mass is 35.5. The minimum atomic E-state index is -2.93. The second-order valence-corrected chi connectivity index (χ2v) is 3.65. The van der Waals surface area contributed by atoms with Gasteiger partial charge in [-0.1, -0.05) is 0 Å². The van der Waals surface area contributed by atoms with E-state index in [1.54, 1.807) is 6.92 Å². The lowest BCUT2D eigenvalue weighted by molar-refractivity contribution is -0.142. The van der Waals surface area contributed by atoms with Gasteiger partial charge >= 0.3 is 5.97 Å². The van der Waals surface area contributed by atoms with Crippen LogP contribution in [-0.4, -0.2) is 17.6 Å². The highest BCUT2D eigenvalue weighted by Gasteiger charge is 2.23. The maximum absolute atomic E-state index is 13.2. The molecule has 0 aliphatic rings. The summed E-state index contributed by atoms with van der Waals surface area (Å²) in [5, 5.41) is 0. The molecule has 0 saturated heterocycles. The van der Waals surface area contributed by atoms with Crippen LogP contribution in [0.1, 0.15) is 30.0 Å². The molecule has 7 heteroatoms. The normalized spacial score (nSPS) is 10.8. The SMILES string of the molecule is CCOC(=O)Cc1cnc(F)c(CCl)c1C(F)F. The number of ether oxygens (including phenoxy) is 1. The summed E-state index contributed by atoms with van der Waals surface area (Å²) in [6, 6.07) is 0. The summed E-state index contributed by atoms with van der Waals surface area (Å²) in [6.45, 7) is 1.73. The van der Waals surface area contributed by atoms with Crippen LogP contribution in [0.3, 0.4) is 0 Å². The number of nitrogens with zero attached hydrogens (tertiary/aromatic N) is 1. The van der Waals surface area contributed by atoms with Gasteiger partial charge in [0.2, 0.25) is 5.95 Å². The number of hydrogen-bond acceptors (Lipinski definition) is 3. The second kappa shape index (κ2) is 6.58. The molecule has 18 heavy (non-hydrogen) atoms.